The molecule has 0 unspecified atom stereocenters. The predicted molar refractivity (Wildman–Crippen MR) is 48.4 cm³/mol. The van der Waals surface area contributed by atoms with Crippen LogP contribution in [0.1, 0.15) is 19.4 Å². The van der Waals surface area contributed by atoms with Crippen LogP contribution in [0.4, 0.5) is 0 Å². The quantitative estimate of drug-likeness (QED) is 0.651. The van der Waals surface area contributed by atoms with E-state index in [2.05, 4.69) is 0 Å². The number of methoxy groups -OCH3 is 1. The fraction of sp³-hybridized carbons (Fsp3) is 0.400. The van der Waals surface area contributed by atoms with Gasteiger partial charge in [0.05, 0.1) is 0 Å². The van der Waals surface area contributed by atoms with Gasteiger partial charge in [-0.15, -0.1) is 0 Å². The van der Waals surface area contributed by atoms with E-state index < -0.39 is 13.7 Å². The van der Waals surface area contributed by atoms with Gasteiger partial charge >= 0.3 is 0 Å². The monoisotopic (exact) mass is 172 g/mol. The van der Waals surface area contributed by atoms with E-state index in [1.165, 1.54) is 25.3 Å². The lowest BCUT2D eigenvalue weighted by Crippen LogP contribution is -2.01. The summed E-state index contributed by atoms with van der Waals surface area (Å²) in [6.45, 7) is -5.09. The third kappa shape index (κ3) is 1.98. The summed E-state index contributed by atoms with van der Waals surface area (Å²) in [6, 6.07) is 4.05. The fourth-order valence-corrected chi connectivity index (χ4v) is 0.810. The minimum atomic E-state index is -2.44. The van der Waals surface area contributed by atoms with Crippen molar-refractivity contribution in [2.75, 3.05) is 13.9 Å². The third-order valence-corrected chi connectivity index (χ3v) is 1.34. The fourth-order valence-electron chi connectivity index (χ4n) is 0.810. The summed E-state index contributed by atoms with van der Waals surface area (Å²) in [6.07, 6.45) is 0. The molecule has 0 amide bonds. The molecular formula is C10H14O2. The van der Waals surface area contributed by atoms with Crippen LogP contribution < -0.4 is 4.74 Å². The first-order valence-corrected chi connectivity index (χ1v) is 3.43. The van der Waals surface area contributed by atoms with Gasteiger partial charge in [-0.2, -0.15) is 0 Å². The lowest BCUT2D eigenvalue weighted by atomic mass is 10.1. The van der Waals surface area contributed by atoms with Gasteiger partial charge in [-0.25, -0.2) is 0 Å². The zero-order valence-electron chi connectivity index (χ0n) is 12.8. The molecule has 0 aliphatic carbocycles. The van der Waals surface area contributed by atoms with Crippen molar-refractivity contribution in [2.45, 2.75) is 13.7 Å². The van der Waals surface area contributed by atoms with E-state index in [1.807, 2.05) is 0 Å². The van der Waals surface area contributed by atoms with Gasteiger partial charge in [0.2, 0.25) is 0 Å². The van der Waals surface area contributed by atoms with Crippen LogP contribution >= 0.6 is 0 Å². The topological polar surface area (TPSA) is 18.5 Å². The molecule has 0 radical (unpaired) electrons. The summed E-state index contributed by atoms with van der Waals surface area (Å²) >= 11 is 0. The van der Waals surface area contributed by atoms with Crippen molar-refractivity contribution in [3.05, 3.63) is 29.3 Å². The highest BCUT2D eigenvalue weighted by atomic mass is 16.7. The Morgan fingerprint density at radius 3 is 2.50 bits per heavy atom. The minimum Gasteiger partial charge on any atom is -0.467 e. The Bertz CT molecular complexity index is 378. The molecule has 0 saturated heterocycles. The van der Waals surface area contributed by atoms with E-state index in [4.69, 9.17) is 17.7 Å². The first-order chi connectivity index (χ1) is 8.18. The van der Waals surface area contributed by atoms with Crippen molar-refractivity contribution in [2.24, 2.45) is 0 Å². The van der Waals surface area contributed by atoms with Gasteiger partial charge < -0.3 is 9.47 Å². The average molecular weight is 172 g/mol. The number of para-hydroxylation sites is 1. The maximum atomic E-state index is 7.38. The Kier molecular flexibility index (Phi) is 1.30. The van der Waals surface area contributed by atoms with Crippen LogP contribution in [-0.2, 0) is 4.74 Å². The number of benzene rings is 1. The third-order valence-electron chi connectivity index (χ3n) is 1.34. The Labute approximate surface area is 81.5 Å². The minimum absolute atomic E-state index is 0.131. The first-order valence-electron chi connectivity index (χ1n) is 6.43. The highest BCUT2D eigenvalue weighted by molar-refractivity contribution is 5.39. The summed E-state index contributed by atoms with van der Waals surface area (Å²) in [4.78, 5) is 0. The van der Waals surface area contributed by atoms with Crippen LogP contribution in [-0.4, -0.2) is 13.9 Å². The second kappa shape index (κ2) is 4.12. The van der Waals surface area contributed by atoms with E-state index in [0.717, 1.165) is 0 Å². The molecule has 0 spiro atoms. The van der Waals surface area contributed by atoms with E-state index in [9.17, 15) is 0 Å². The molecule has 0 aliphatic rings. The van der Waals surface area contributed by atoms with Gasteiger partial charge in [0.25, 0.3) is 0 Å². The van der Waals surface area contributed by atoms with Crippen molar-refractivity contribution in [3.8, 4) is 5.75 Å². The Balaban J connectivity index is 3.35. The van der Waals surface area contributed by atoms with Gasteiger partial charge in [-0.3, -0.25) is 0 Å². The number of aryl methyl sites for hydroxylation is 2. The zero-order chi connectivity index (χ0) is 14.0. The molecule has 0 aliphatic heterocycles. The summed E-state index contributed by atoms with van der Waals surface area (Å²) in [5.41, 5.74) is -0.263. The van der Waals surface area contributed by atoms with Crippen molar-refractivity contribution < 1.29 is 17.7 Å². The van der Waals surface area contributed by atoms with Crippen molar-refractivity contribution in [1.82, 2.24) is 0 Å². The maximum Gasteiger partial charge on any atom is 0.188 e. The second-order valence-corrected chi connectivity index (χ2v) is 2.23. The molecule has 1 aromatic rings. The summed E-state index contributed by atoms with van der Waals surface area (Å²) in [7, 11) is 1.37. The average Bonchev–Trinajstić information content (AvgIpc) is 2.23. The smallest absolute Gasteiger partial charge is 0.188 e. The number of hydrogen-bond acceptors (Lipinski definition) is 2. The Hall–Kier alpha value is -1.02. The lowest BCUT2D eigenvalue weighted by Gasteiger charge is -2.10. The predicted octanol–water partition coefficient (Wildman–Crippen LogP) is 2.29. The van der Waals surface area contributed by atoms with Gasteiger partial charge in [0.15, 0.2) is 6.79 Å². The molecular weight excluding hydrogens is 152 g/mol. The Morgan fingerprint density at radius 1 is 1.33 bits per heavy atom. The molecule has 0 atom stereocenters. The largest absolute Gasteiger partial charge is 0.467 e. The van der Waals surface area contributed by atoms with E-state index >= 15 is 0 Å². The molecule has 0 heterocycles. The van der Waals surface area contributed by atoms with E-state index in [1.54, 1.807) is 0 Å². The van der Waals surface area contributed by atoms with E-state index in [-0.39, 0.29) is 23.7 Å². The summed E-state index contributed by atoms with van der Waals surface area (Å²) in [5, 5.41) is 0. The lowest BCUT2D eigenvalue weighted by molar-refractivity contribution is 0.0501. The highest BCUT2D eigenvalue weighted by Gasteiger charge is 2.01. The molecule has 66 valence electrons. The first kappa shape index (κ1) is 3.79. The van der Waals surface area contributed by atoms with Crippen molar-refractivity contribution >= 4 is 0 Å². The summed E-state index contributed by atoms with van der Waals surface area (Å²) in [5.74, 6) is -0.153. The number of ether oxygens (including phenoxy) is 2. The molecule has 1 aromatic carbocycles. The second-order valence-electron chi connectivity index (χ2n) is 2.23. The molecule has 0 bridgehead atoms. The number of rotatable bonds is 3. The van der Waals surface area contributed by atoms with Gasteiger partial charge in [0.1, 0.15) is 5.75 Å². The SMILES string of the molecule is [2H]C([2H])([2H])c1cccc(C([2H])([2H])[2H])c1OCOC. The van der Waals surface area contributed by atoms with Crippen LogP contribution in [0.25, 0.3) is 0 Å². The Morgan fingerprint density at radius 2 is 2.00 bits per heavy atom. The van der Waals surface area contributed by atoms with Gasteiger partial charge in [-0.05, 0) is 24.8 Å². The molecule has 12 heavy (non-hydrogen) atoms. The molecule has 2 nitrogen and oxygen atoms in total. The van der Waals surface area contributed by atoms with Gasteiger partial charge in [0, 0.05) is 15.3 Å². The zero-order valence-corrected chi connectivity index (χ0v) is 6.76. The van der Waals surface area contributed by atoms with Crippen LogP contribution in [0.15, 0.2) is 18.2 Å². The molecule has 2 heteroatoms. The standard InChI is InChI=1S/C10H14O2/c1-8-5-4-6-9(2)10(8)12-7-11-3/h4-6H,7H2,1-3H3/i1D3,2D3. The van der Waals surface area contributed by atoms with E-state index in [0.29, 0.717) is 0 Å². The molecule has 1 rings (SSSR count). The molecule has 0 fully saturated rings. The molecule has 0 saturated carbocycles. The van der Waals surface area contributed by atoms with Gasteiger partial charge in [-0.1, -0.05) is 18.2 Å². The van der Waals surface area contributed by atoms with Crippen LogP contribution in [0.2, 0.25) is 0 Å². The van der Waals surface area contributed by atoms with Crippen LogP contribution in [0.3, 0.4) is 0 Å². The maximum absolute atomic E-state index is 7.38. The summed E-state index contributed by atoms with van der Waals surface area (Å²) < 4.78 is 54.1. The molecule has 0 aromatic heterocycles. The normalized spacial score (nSPS) is 19.4. The van der Waals surface area contributed by atoms with Crippen molar-refractivity contribution in [1.29, 1.82) is 0 Å². The van der Waals surface area contributed by atoms with Crippen LogP contribution in [0, 0.1) is 13.7 Å². The highest BCUT2D eigenvalue weighted by Crippen LogP contribution is 2.21. The number of hydrogen-bond donors (Lipinski definition) is 0. The molecule has 0 N–H and O–H groups in total. The van der Waals surface area contributed by atoms with Crippen molar-refractivity contribution in [3.63, 3.8) is 0 Å². The van der Waals surface area contributed by atoms with Crippen LogP contribution in [0.5, 0.6) is 5.75 Å².